The van der Waals surface area contributed by atoms with Crippen molar-refractivity contribution in [1.82, 2.24) is 0 Å². The number of esters is 2. The maximum Gasteiger partial charge on any atom is 0.343 e. The average Bonchev–Trinajstić information content (AvgIpc) is 2.53. The van der Waals surface area contributed by atoms with Crippen molar-refractivity contribution in [2.75, 3.05) is 0 Å². The minimum Gasteiger partial charge on any atom is -0.504 e. The summed E-state index contributed by atoms with van der Waals surface area (Å²) in [4.78, 5) is 23.3. The van der Waals surface area contributed by atoms with Crippen molar-refractivity contribution in [3.05, 3.63) is 54.1 Å². The highest BCUT2D eigenvalue weighted by Crippen LogP contribution is 2.35. The Morgan fingerprint density at radius 3 is 1.83 bits per heavy atom. The highest BCUT2D eigenvalue weighted by Gasteiger charge is 2.15. The van der Waals surface area contributed by atoms with E-state index >= 15 is 0 Å². The number of carbonyl (C=O) groups excluding carboxylic acids is 2. The van der Waals surface area contributed by atoms with E-state index in [2.05, 4.69) is 6.58 Å². The third kappa shape index (κ3) is 3.83. The van der Waals surface area contributed by atoms with Crippen LogP contribution in [0.1, 0.15) is 17.3 Å². The van der Waals surface area contributed by atoms with Crippen molar-refractivity contribution in [2.45, 2.75) is 6.92 Å². The summed E-state index contributed by atoms with van der Waals surface area (Å²) in [5.41, 5.74) is 0.0954. The number of rotatable bonds is 4. The molecule has 0 unspecified atom stereocenters. The van der Waals surface area contributed by atoms with Crippen LogP contribution in [-0.4, -0.2) is 27.3 Å². The lowest BCUT2D eigenvalue weighted by atomic mass is 10.2. The third-order valence-corrected chi connectivity index (χ3v) is 2.90. The molecular formula is C17H14O7. The van der Waals surface area contributed by atoms with E-state index in [9.17, 15) is 24.9 Å². The average molecular weight is 330 g/mol. The van der Waals surface area contributed by atoms with Gasteiger partial charge in [-0.2, -0.15) is 0 Å². The van der Waals surface area contributed by atoms with Crippen molar-refractivity contribution in [3.8, 4) is 28.7 Å². The van der Waals surface area contributed by atoms with Crippen molar-refractivity contribution in [1.29, 1.82) is 0 Å². The van der Waals surface area contributed by atoms with Gasteiger partial charge in [-0.05, 0) is 43.3 Å². The Hall–Kier alpha value is -3.48. The monoisotopic (exact) mass is 330 g/mol. The lowest BCUT2D eigenvalue weighted by Gasteiger charge is -2.08. The van der Waals surface area contributed by atoms with E-state index in [1.165, 1.54) is 31.2 Å². The molecule has 0 amide bonds. The number of carbonyl (C=O) groups is 2. The van der Waals surface area contributed by atoms with Crippen LogP contribution in [0.5, 0.6) is 28.7 Å². The number of aromatic hydroxyl groups is 3. The van der Waals surface area contributed by atoms with Gasteiger partial charge in [0.15, 0.2) is 17.2 Å². The van der Waals surface area contributed by atoms with Gasteiger partial charge in [0.1, 0.15) is 11.5 Å². The van der Waals surface area contributed by atoms with Crippen LogP contribution in [-0.2, 0) is 4.79 Å². The molecule has 0 heterocycles. The molecule has 0 aromatic heterocycles. The summed E-state index contributed by atoms with van der Waals surface area (Å²) in [5, 5.41) is 28.0. The number of phenolic OH excluding ortho intramolecular Hbond substituents is 3. The van der Waals surface area contributed by atoms with Crippen LogP contribution >= 0.6 is 0 Å². The van der Waals surface area contributed by atoms with Gasteiger partial charge in [0.2, 0.25) is 0 Å². The first-order valence-corrected chi connectivity index (χ1v) is 6.73. The Balaban J connectivity index is 2.10. The lowest BCUT2D eigenvalue weighted by molar-refractivity contribution is -0.130. The van der Waals surface area contributed by atoms with E-state index in [1.807, 2.05) is 0 Å². The summed E-state index contributed by atoms with van der Waals surface area (Å²) < 4.78 is 10.0. The Morgan fingerprint density at radius 1 is 0.917 bits per heavy atom. The quantitative estimate of drug-likeness (QED) is 0.341. The minimum absolute atomic E-state index is 0.152. The fraction of sp³-hybridized carbons (Fsp3) is 0.0588. The molecule has 0 radical (unpaired) electrons. The van der Waals surface area contributed by atoms with Gasteiger partial charge in [-0.3, -0.25) is 0 Å². The molecule has 0 fully saturated rings. The van der Waals surface area contributed by atoms with E-state index in [1.54, 1.807) is 0 Å². The molecule has 2 aromatic carbocycles. The van der Waals surface area contributed by atoms with E-state index in [4.69, 9.17) is 9.47 Å². The molecule has 0 aliphatic rings. The predicted molar refractivity (Wildman–Crippen MR) is 83.3 cm³/mol. The molecule has 7 nitrogen and oxygen atoms in total. The smallest absolute Gasteiger partial charge is 0.343 e. The van der Waals surface area contributed by atoms with Gasteiger partial charge in [0, 0.05) is 5.57 Å². The molecule has 0 aliphatic heterocycles. The van der Waals surface area contributed by atoms with Gasteiger partial charge in [0.05, 0.1) is 5.56 Å². The molecule has 24 heavy (non-hydrogen) atoms. The van der Waals surface area contributed by atoms with Crippen LogP contribution in [0, 0.1) is 0 Å². The van der Waals surface area contributed by atoms with Crippen LogP contribution in [0.3, 0.4) is 0 Å². The van der Waals surface area contributed by atoms with Crippen molar-refractivity contribution >= 4 is 11.9 Å². The summed E-state index contributed by atoms with van der Waals surface area (Å²) in [6, 6.07) is 7.57. The Bertz CT molecular complexity index is 783. The fourth-order valence-electron chi connectivity index (χ4n) is 1.66. The molecule has 2 rings (SSSR count). The summed E-state index contributed by atoms with van der Waals surface area (Å²) in [6.45, 7) is 4.97. The number of benzene rings is 2. The SMILES string of the molecule is C=C(C)C(=O)Oc1ccc(OC(=O)c2cc(O)c(O)c(O)c2)cc1. The van der Waals surface area contributed by atoms with Crippen molar-refractivity contribution < 1.29 is 34.4 Å². The molecular weight excluding hydrogens is 316 g/mol. The molecule has 0 saturated carbocycles. The number of ether oxygens (including phenoxy) is 2. The largest absolute Gasteiger partial charge is 0.504 e. The minimum atomic E-state index is -0.854. The first-order valence-electron chi connectivity index (χ1n) is 6.73. The summed E-state index contributed by atoms with van der Waals surface area (Å²) in [7, 11) is 0. The molecule has 3 N–H and O–H groups in total. The topological polar surface area (TPSA) is 113 Å². The second-order valence-corrected chi connectivity index (χ2v) is 4.89. The van der Waals surface area contributed by atoms with E-state index < -0.39 is 29.2 Å². The number of hydrogen-bond acceptors (Lipinski definition) is 7. The van der Waals surface area contributed by atoms with Gasteiger partial charge < -0.3 is 24.8 Å². The molecule has 0 spiro atoms. The molecule has 0 aliphatic carbocycles. The highest BCUT2D eigenvalue weighted by molar-refractivity contribution is 5.92. The van der Waals surface area contributed by atoms with Gasteiger partial charge in [-0.1, -0.05) is 6.58 Å². The maximum atomic E-state index is 12.0. The summed E-state index contributed by atoms with van der Waals surface area (Å²) in [5.74, 6) is -3.05. The van der Waals surface area contributed by atoms with E-state index in [0.717, 1.165) is 12.1 Å². The molecule has 124 valence electrons. The zero-order chi connectivity index (χ0) is 17.9. The fourth-order valence-corrected chi connectivity index (χ4v) is 1.66. The van der Waals surface area contributed by atoms with Crippen LogP contribution in [0.15, 0.2) is 48.6 Å². The molecule has 2 aromatic rings. The zero-order valence-corrected chi connectivity index (χ0v) is 12.6. The predicted octanol–water partition coefficient (Wildman–Crippen LogP) is 2.50. The van der Waals surface area contributed by atoms with Gasteiger partial charge in [-0.25, -0.2) is 9.59 Å². The summed E-state index contributed by atoms with van der Waals surface area (Å²) >= 11 is 0. The highest BCUT2D eigenvalue weighted by atomic mass is 16.5. The van der Waals surface area contributed by atoms with Gasteiger partial charge in [0.25, 0.3) is 0 Å². The summed E-state index contributed by atoms with van der Waals surface area (Å²) in [6.07, 6.45) is 0. The van der Waals surface area contributed by atoms with Crippen LogP contribution in [0.2, 0.25) is 0 Å². The van der Waals surface area contributed by atoms with E-state index in [-0.39, 0.29) is 22.6 Å². The second-order valence-electron chi connectivity index (χ2n) is 4.89. The Labute approximate surface area is 137 Å². The van der Waals surface area contributed by atoms with Crippen molar-refractivity contribution in [2.24, 2.45) is 0 Å². The van der Waals surface area contributed by atoms with Crippen LogP contribution < -0.4 is 9.47 Å². The molecule has 0 saturated heterocycles. The molecule has 0 bridgehead atoms. The van der Waals surface area contributed by atoms with Crippen LogP contribution in [0.4, 0.5) is 0 Å². The Kier molecular flexibility index (Phi) is 4.74. The third-order valence-electron chi connectivity index (χ3n) is 2.90. The number of phenols is 3. The molecule has 7 heteroatoms. The number of hydrogen-bond donors (Lipinski definition) is 3. The Morgan fingerprint density at radius 2 is 1.38 bits per heavy atom. The first kappa shape index (κ1) is 16.9. The standard InChI is InChI=1S/C17H14O7/c1-9(2)16(21)23-11-3-5-12(6-4-11)24-17(22)10-7-13(18)15(20)14(19)8-10/h3-8,18-20H,1H2,2H3. The van der Waals surface area contributed by atoms with Gasteiger partial charge >= 0.3 is 11.9 Å². The second kappa shape index (κ2) is 6.74. The van der Waals surface area contributed by atoms with Crippen LogP contribution in [0.25, 0.3) is 0 Å². The van der Waals surface area contributed by atoms with E-state index in [0.29, 0.717) is 0 Å². The van der Waals surface area contributed by atoms with Crippen molar-refractivity contribution in [3.63, 3.8) is 0 Å². The zero-order valence-electron chi connectivity index (χ0n) is 12.6. The first-order chi connectivity index (χ1) is 11.3. The normalized spacial score (nSPS) is 10.0. The maximum absolute atomic E-state index is 12.0. The van der Waals surface area contributed by atoms with Gasteiger partial charge in [-0.15, -0.1) is 0 Å². The lowest BCUT2D eigenvalue weighted by Crippen LogP contribution is -2.09. The molecule has 0 atom stereocenters.